The number of benzene rings is 3. The Balaban J connectivity index is 1.29. The van der Waals surface area contributed by atoms with E-state index in [9.17, 15) is 0 Å². The van der Waals surface area contributed by atoms with Crippen molar-refractivity contribution in [3.63, 3.8) is 0 Å². The molecule has 0 heterocycles. The zero-order valence-corrected chi connectivity index (χ0v) is 26.9. The van der Waals surface area contributed by atoms with Crippen molar-refractivity contribution >= 4 is 11.4 Å². The van der Waals surface area contributed by atoms with Crippen LogP contribution in [-0.4, -0.2) is 0 Å². The SMILES string of the molecule is CCCCCCCCCCCCCCCCCCCCc1cc(N)cc(N(Cc2ccccc2)Cc2ccccc2)c1. The van der Waals surface area contributed by atoms with E-state index in [2.05, 4.69) is 90.7 Å². The minimum absolute atomic E-state index is 0.871. The predicted octanol–water partition coefficient (Wildman–Crippen LogP) is 12.1. The molecule has 0 amide bonds. The smallest absolute Gasteiger partial charge is 0.0433 e. The number of nitrogens with zero attached hydrogens (tertiary/aromatic N) is 1. The van der Waals surface area contributed by atoms with E-state index < -0.39 is 0 Å². The molecular weight excluding hydrogens is 508 g/mol. The van der Waals surface area contributed by atoms with Gasteiger partial charge in [0.15, 0.2) is 0 Å². The van der Waals surface area contributed by atoms with Gasteiger partial charge in [-0.3, -0.25) is 0 Å². The van der Waals surface area contributed by atoms with E-state index in [4.69, 9.17) is 5.73 Å². The molecule has 0 radical (unpaired) electrons. The highest BCUT2D eigenvalue weighted by atomic mass is 15.1. The molecule has 2 nitrogen and oxygen atoms in total. The highest BCUT2D eigenvalue weighted by molar-refractivity contribution is 5.59. The topological polar surface area (TPSA) is 29.3 Å². The lowest BCUT2D eigenvalue weighted by Crippen LogP contribution is -2.22. The van der Waals surface area contributed by atoms with Crippen molar-refractivity contribution in [3.05, 3.63) is 95.6 Å². The average Bonchev–Trinajstić information content (AvgIpc) is 3.01. The summed E-state index contributed by atoms with van der Waals surface area (Å²) in [6, 6.07) is 28.2. The van der Waals surface area contributed by atoms with E-state index in [1.165, 1.54) is 138 Å². The quantitative estimate of drug-likeness (QED) is 0.0860. The van der Waals surface area contributed by atoms with E-state index in [0.717, 1.165) is 25.2 Å². The van der Waals surface area contributed by atoms with Crippen molar-refractivity contribution in [2.75, 3.05) is 10.6 Å². The molecule has 3 rings (SSSR count). The third-order valence-corrected chi connectivity index (χ3v) is 8.62. The standard InChI is InChI=1S/C40H60N2/c1-2-3-4-5-6-7-8-9-10-11-12-13-14-15-16-17-18-21-30-38-31-39(41)33-40(32-38)42(34-36-26-22-19-23-27-36)35-37-28-24-20-25-29-37/h19-20,22-29,31-33H,2-18,21,30,34-35,41H2,1H3. The number of nitrogens with two attached hydrogens (primary N) is 1. The Bertz CT molecular complexity index is 1000. The van der Waals surface area contributed by atoms with Gasteiger partial charge in [0, 0.05) is 24.5 Å². The molecule has 0 spiro atoms. The molecule has 0 bridgehead atoms. The summed E-state index contributed by atoms with van der Waals surface area (Å²) in [5, 5.41) is 0. The Kier molecular flexibility index (Phi) is 17.6. The van der Waals surface area contributed by atoms with Gasteiger partial charge in [0.05, 0.1) is 0 Å². The van der Waals surface area contributed by atoms with Crippen LogP contribution in [0.15, 0.2) is 78.9 Å². The third kappa shape index (κ3) is 14.9. The summed E-state index contributed by atoms with van der Waals surface area (Å²) in [4.78, 5) is 2.46. The summed E-state index contributed by atoms with van der Waals surface area (Å²) in [5.41, 5.74) is 12.5. The average molecular weight is 569 g/mol. The van der Waals surface area contributed by atoms with Gasteiger partial charge in [-0.2, -0.15) is 0 Å². The Hall–Kier alpha value is -2.74. The number of hydrogen-bond acceptors (Lipinski definition) is 2. The van der Waals surface area contributed by atoms with Gasteiger partial charge in [-0.25, -0.2) is 0 Å². The molecule has 3 aromatic carbocycles. The summed E-state index contributed by atoms with van der Waals surface area (Å²) in [5.74, 6) is 0. The highest BCUT2D eigenvalue weighted by Crippen LogP contribution is 2.26. The Morgan fingerprint density at radius 1 is 0.452 bits per heavy atom. The fraction of sp³-hybridized carbons (Fsp3) is 0.550. The monoisotopic (exact) mass is 568 g/mol. The fourth-order valence-corrected chi connectivity index (χ4v) is 6.10. The summed E-state index contributed by atoms with van der Waals surface area (Å²) >= 11 is 0. The molecule has 3 aromatic rings. The van der Waals surface area contributed by atoms with Crippen LogP contribution in [0.5, 0.6) is 0 Å². The molecular formula is C40H60N2. The van der Waals surface area contributed by atoms with E-state index >= 15 is 0 Å². The van der Waals surface area contributed by atoms with Crippen LogP contribution in [-0.2, 0) is 19.5 Å². The van der Waals surface area contributed by atoms with E-state index in [1.807, 2.05) is 0 Å². The lowest BCUT2D eigenvalue weighted by molar-refractivity contribution is 0.525. The maximum Gasteiger partial charge on any atom is 0.0433 e. The molecule has 0 atom stereocenters. The first kappa shape index (κ1) is 33.8. The van der Waals surface area contributed by atoms with E-state index in [1.54, 1.807) is 0 Å². The second-order valence-electron chi connectivity index (χ2n) is 12.5. The van der Waals surface area contributed by atoms with Gasteiger partial charge < -0.3 is 10.6 Å². The van der Waals surface area contributed by atoms with Crippen LogP contribution in [0.3, 0.4) is 0 Å². The summed E-state index contributed by atoms with van der Waals surface area (Å²) < 4.78 is 0. The predicted molar refractivity (Wildman–Crippen MR) is 186 cm³/mol. The van der Waals surface area contributed by atoms with Gasteiger partial charge in [-0.1, -0.05) is 177 Å². The minimum atomic E-state index is 0.871. The zero-order chi connectivity index (χ0) is 29.5. The minimum Gasteiger partial charge on any atom is -0.399 e. The zero-order valence-electron chi connectivity index (χ0n) is 26.9. The number of nitrogen functional groups attached to an aromatic ring is 1. The normalized spacial score (nSPS) is 11.2. The van der Waals surface area contributed by atoms with Crippen molar-refractivity contribution in [2.24, 2.45) is 0 Å². The molecule has 0 unspecified atom stereocenters. The molecule has 0 aliphatic heterocycles. The van der Waals surface area contributed by atoms with Crippen LogP contribution in [0.2, 0.25) is 0 Å². The highest BCUT2D eigenvalue weighted by Gasteiger charge is 2.11. The van der Waals surface area contributed by atoms with Crippen LogP contribution < -0.4 is 10.6 Å². The van der Waals surface area contributed by atoms with Gasteiger partial charge in [0.2, 0.25) is 0 Å². The van der Waals surface area contributed by atoms with Crippen molar-refractivity contribution in [1.82, 2.24) is 0 Å². The summed E-state index contributed by atoms with van der Waals surface area (Å²) in [6.45, 7) is 4.04. The molecule has 2 heteroatoms. The molecule has 0 aliphatic carbocycles. The molecule has 2 N–H and O–H groups in total. The van der Waals surface area contributed by atoms with Crippen molar-refractivity contribution in [3.8, 4) is 0 Å². The number of hydrogen-bond donors (Lipinski definition) is 1. The van der Waals surface area contributed by atoms with Crippen LogP contribution in [0.1, 0.15) is 139 Å². The van der Waals surface area contributed by atoms with Gasteiger partial charge in [-0.05, 0) is 47.7 Å². The van der Waals surface area contributed by atoms with Crippen molar-refractivity contribution in [1.29, 1.82) is 0 Å². The molecule has 230 valence electrons. The first-order chi connectivity index (χ1) is 20.7. The maximum absolute atomic E-state index is 6.43. The summed E-state index contributed by atoms with van der Waals surface area (Å²) in [6.07, 6.45) is 26.6. The van der Waals surface area contributed by atoms with Crippen LogP contribution >= 0.6 is 0 Å². The second-order valence-corrected chi connectivity index (χ2v) is 12.5. The van der Waals surface area contributed by atoms with Gasteiger partial charge in [-0.15, -0.1) is 0 Å². The maximum atomic E-state index is 6.43. The molecule has 0 saturated heterocycles. The first-order valence-corrected chi connectivity index (χ1v) is 17.5. The fourth-order valence-electron chi connectivity index (χ4n) is 6.10. The summed E-state index contributed by atoms with van der Waals surface area (Å²) in [7, 11) is 0. The molecule has 0 aromatic heterocycles. The van der Waals surface area contributed by atoms with Gasteiger partial charge in [0.1, 0.15) is 0 Å². The Labute approximate surface area is 259 Å². The second kappa shape index (κ2) is 21.9. The third-order valence-electron chi connectivity index (χ3n) is 8.62. The molecule has 0 aliphatic rings. The Morgan fingerprint density at radius 2 is 0.857 bits per heavy atom. The first-order valence-electron chi connectivity index (χ1n) is 17.5. The van der Waals surface area contributed by atoms with E-state index in [-0.39, 0.29) is 0 Å². The number of unbranched alkanes of at least 4 members (excludes halogenated alkanes) is 17. The number of aryl methyl sites for hydroxylation is 1. The number of rotatable bonds is 24. The van der Waals surface area contributed by atoms with Crippen molar-refractivity contribution in [2.45, 2.75) is 142 Å². The number of anilines is 2. The lowest BCUT2D eigenvalue weighted by atomic mass is 10.0. The van der Waals surface area contributed by atoms with Crippen molar-refractivity contribution < 1.29 is 0 Å². The van der Waals surface area contributed by atoms with Gasteiger partial charge >= 0.3 is 0 Å². The lowest BCUT2D eigenvalue weighted by Gasteiger charge is -2.26. The van der Waals surface area contributed by atoms with Crippen LogP contribution in [0.25, 0.3) is 0 Å². The largest absolute Gasteiger partial charge is 0.399 e. The molecule has 0 fully saturated rings. The van der Waals surface area contributed by atoms with Crippen LogP contribution in [0, 0.1) is 0 Å². The molecule has 42 heavy (non-hydrogen) atoms. The van der Waals surface area contributed by atoms with Crippen LogP contribution in [0.4, 0.5) is 11.4 Å². The molecule has 0 saturated carbocycles. The Morgan fingerprint density at radius 3 is 1.29 bits per heavy atom. The van der Waals surface area contributed by atoms with Gasteiger partial charge in [0.25, 0.3) is 0 Å². The van der Waals surface area contributed by atoms with E-state index in [0.29, 0.717) is 0 Å².